The first-order valence-corrected chi connectivity index (χ1v) is 11.1. The van der Waals surface area contributed by atoms with Gasteiger partial charge in [0.25, 0.3) is 0 Å². The van der Waals surface area contributed by atoms with Crippen LogP contribution >= 0.6 is 0 Å². The second-order valence-electron chi connectivity index (χ2n) is 8.64. The summed E-state index contributed by atoms with van der Waals surface area (Å²) in [6.07, 6.45) is 6.61. The maximum Gasteiger partial charge on any atom is 0.113 e. The third-order valence-electron chi connectivity index (χ3n) is 6.42. The molecule has 3 aromatic heterocycles. The van der Waals surface area contributed by atoms with Gasteiger partial charge < -0.3 is 15.4 Å². The molecule has 0 bridgehead atoms. The van der Waals surface area contributed by atoms with Gasteiger partial charge in [0.2, 0.25) is 0 Å². The number of hydrogen-bond acceptors (Lipinski definition) is 5. The summed E-state index contributed by atoms with van der Waals surface area (Å²) in [5.74, 6) is 0. The average Bonchev–Trinajstić information content (AvgIpc) is 3.58. The molecule has 5 aromatic rings. The molecule has 2 aromatic carbocycles. The Balaban J connectivity index is 1.18. The van der Waals surface area contributed by atoms with E-state index in [1.54, 1.807) is 0 Å². The van der Waals surface area contributed by atoms with Crippen molar-refractivity contribution in [3.63, 3.8) is 0 Å². The van der Waals surface area contributed by atoms with Gasteiger partial charge in [-0.1, -0.05) is 29.5 Å². The van der Waals surface area contributed by atoms with Crippen molar-refractivity contribution in [1.82, 2.24) is 35.5 Å². The first kappa shape index (κ1) is 19.2. The van der Waals surface area contributed by atoms with E-state index in [4.69, 9.17) is 0 Å². The summed E-state index contributed by atoms with van der Waals surface area (Å²) in [7, 11) is 0. The van der Waals surface area contributed by atoms with Gasteiger partial charge in [0.1, 0.15) is 5.69 Å². The molecule has 1 fully saturated rings. The number of fused-ring (bicyclic) bond motifs is 2. The second-order valence-corrected chi connectivity index (χ2v) is 8.64. The Labute approximate surface area is 184 Å². The predicted octanol–water partition coefficient (Wildman–Crippen LogP) is 3.35. The molecule has 4 N–H and O–H groups in total. The molecule has 1 aliphatic carbocycles. The smallest absolute Gasteiger partial charge is 0.113 e. The first-order chi connectivity index (χ1) is 15.7. The van der Waals surface area contributed by atoms with Crippen LogP contribution in [0.2, 0.25) is 0 Å². The molecule has 0 unspecified atom stereocenters. The number of nitrogens with zero attached hydrogens (tertiary/aromatic N) is 4. The predicted molar refractivity (Wildman–Crippen MR) is 123 cm³/mol. The quantitative estimate of drug-likeness (QED) is 0.332. The van der Waals surface area contributed by atoms with Crippen molar-refractivity contribution >= 4 is 21.8 Å². The summed E-state index contributed by atoms with van der Waals surface area (Å²) < 4.78 is 1.86. The van der Waals surface area contributed by atoms with Gasteiger partial charge in [0.15, 0.2) is 0 Å². The van der Waals surface area contributed by atoms with Gasteiger partial charge in [-0.05, 0) is 48.4 Å². The number of hydrogen-bond donors (Lipinski definition) is 4. The van der Waals surface area contributed by atoms with Crippen molar-refractivity contribution in [3.8, 4) is 11.3 Å². The van der Waals surface area contributed by atoms with Crippen molar-refractivity contribution in [2.45, 2.75) is 44.5 Å². The zero-order valence-corrected chi connectivity index (χ0v) is 17.6. The molecule has 0 radical (unpaired) electrons. The Morgan fingerprint density at radius 1 is 1.12 bits per heavy atom. The fourth-order valence-corrected chi connectivity index (χ4v) is 4.73. The number of aliphatic hydroxyl groups excluding tert-OH is 1. The molecule has 2 atom stereocenters. The van der Waals surface area contributed by atoms with Crippen LogP contribution in [0.5, 0.6) is 0 Å². The van der Waals surface area contributed by atoms with Crippen molar-refractivity contribution < 1.29 is 5.11 Å². The van der Waals surface area contributed by atoms with Gasteiger partial charge in [-0.25, -0.2) is 4.68 Å². The van der Waals surface area contributed by atoms with Gasteiger partial charge >= 0.3 is 0 Å². The average molecular weight is 428 g/mol. The lowest BCUT2D eigenvalue weighted by atomic mass is 10.1. The summed E-state index contributed by atoms with van der Waals surface area (Å²) in [5, 5.41) is 31.6. The van der Waals surface area contributed by atoms with Gasteiger partial charge in [-0.2, -0.15) is 5.10 Å². The lowest BCUT2D eigenvalue weighted by molar-refractivity contribution is 0.148. The molecule has 32 heavy (non-hydrogen) atoms. The van der Waals surface area contributed by atoms with Crippen LogP contribution in [0.15, 0.2) is 54.9 Å². The van der Waals surface area contributed by atoms with E-state index in [1.807, 2.05) is 35.3 Å². The largest absolute Gasteiger partial charge is 0.392 e. The maximum atomic E-state index is 10.0. The Bertz CT molecular complexity index is 1380. The molecule has 1 aliphatic rings. The Hall–Kier alpha value is -3.49. The molecule has 0 amide bonds. The van der Waals surface area contributed by atoms with Crippen molar-refractivity contribution in [1.29, 1.82) is 0 Å². The highest BCUT2D eigenvalue weighted by molar-refractivity contribution is 5.93. The fourth-order valence-electron chi connectivity index (χ4n) is 4.73. The third-order valence-corrected chi connectivity index (χ3v) is 6.42. The molecular formula is C24H25N7O. The Morgan fingerprint density at radius 3 is 3.00 bits per heavy atom. The molecule has 8 nitrogen and oxygen atoms in total. The van der Waals surface area contributed by atoms with Gasteiger partial charge in [-0.3, -0.25) is 5.10 Å². The number of benzene rings is 2. The number of nitrogens with one attached hydrogen (secondary N) is 3. The van der Waals surface area contributed by atoms with Gasteiger partial charge in [0, 0.05) is 34.7 Å². The minimum atomic E-state index is -0.223. The van der Waals surface area contributed by atoms with Crippen molar-refractivity contribution in [2.24, 2.45) is 0 Å². The highest BCUT2D eigenvalue weighted by atomic mass is 16.3. The molecular weight excluding hydrogens is 402 g/mol. The molecule has 1 saturated carbocycles. The van der Waals surface area contributed by atoms with E-state index in [9.17, 15) is 5.11 Å². The number of aromatic amines is 2. The van der Waals surface area contributed by atoms with Crippen LogP contribution in [0, 0.1) is 0 Å². The zero-order valence-electron chi connectivity index (χ0n) is 17.6. The molecule has 6 rings (SSSR count). The summed E-state index contributed by atoms with van der Waals surface area (Å²) in [6.45, 7) is 1.38. The summed E-state index contributed by atoms with van der Waals surface area (Å²) in [5.41, 5.74) is 6.24. The van der Waals surface area contributed by atoms with Gasteiger partial charge in [-0.15, -0.1) is 5.10 Å². The van der Waals surface area contributed by atoms with Crippen LogP contribution in [0.4, 0.5) is 0 Å². The topological polar surface area (TPSA) is 107 Å². The van der Waals surface area contributed by atoms with E-state index >= 15 is 0 Å². The highest BCUT2D eigenvalue weighted by Crippen LogP contribution is 2.26. The van der Waals surface area contributed by atoms with Crippen LogP contribution in [0.3, 0.4) is 0 Å². The molecule has 0 aliphatic heterocycles. The lowest BCUT2D eigenvalue weighted by Gasteiger charge is -2.15. The maximum absolute atomic E-state index is 10.0. The SMILES string of the molecule is O[C@@H]1CCC[C@@H]1NCc1cc2ccc(Cn3cc(-c4cccc5[nH]ncc45)nn3)cc2[nH]1. The monoisotopic (exact) mass is 427 g/mol. The molecule has 162 valence electrons. The molecule has 0 saturated heterocycles. The summed E-state index contributed by atoms with van der Waals surface area (Å²) in [4.78, 5) is 3.51. The van der Waals surface area contributed by atoms with Crippen LogP contribution in [0.25, 0.3) is 33.1 Å². The van der Waals surface area contributed by atoms with Gasteiger partial charge in [0.05, 0.1) is 30.6 Å². The van der Waals surface area contributed by atoms with Crippen LogP contribution in [-0.4, -0.2) is 47.4 Å². The highest BCUT2D eigenvalue weighted by Gasteiger charge is 2.24. The van der Waals surface area contributed by atoms with Crippen LogP contribution in [-0.2, 0) is 13.1 Å². The number of aliphatic hydroxyl groups is 1. The standard InChI is InChI=1S/C24H25N7O/c32-24-6-2-5-21(24)25-11-17-10-16-8-7-15(9-22(16)27-17)13-31-14-23(29-30-31)18-3-1-4-20-19(18)12-26-28-20/h1,3-4,7-10,12,14,21,24-25,27,32H,2,5-6,11,13H2,(H,26,28)/t21-,24+/m0/s1. The van der Waals surface area contributed by atoms with E-state index < -0.39 is 0 Å². The minimum absolute atomic E-state index is 0.200. The van der Waals surface area contributed by atoms with E-state index in [-0.39, 0.29) is 12.1 Å². The normalized spacial score (nSPS) is 18.8. The minimum Gasteiger partial charge on any atom is -0.392 e. The molecule has 8 heteroatoms. The third kappa shape index (κ3) is 3.57. The summed E-state index contributed by atoms with van der Waals surface area (Å²) in [6, 6.07) is 14.8. The number of aromatic nitrogens is 6. The second kappa shape index (κ2) is 7.89. The molecule has 3 heterocycles. The number of rotatable bonds is 6. The van der Waals surface area contributed by atoms with Crippen molar-refractivity contribution in [2.75, 3.05) is 0 Å². The Morgan fingerprint density at radius 2 is 2.09 bits per heavy atom. The first-order valence-electron chi connectivity index (χ1n) is 11.1. The van der Waals surface area contributed by atoms with Crippen LogP contribution < -0.4 is 5.32 Å². The number of H-pyrrole nitrogens is 2. The van der Waals surface area contributed by atoms with Crippen molar-refractivity contribution in [3.05, 3.63) is 66.1 Å². The summed E-state index contributed by atoms with van der Waals surface area (Å²) >= 11 is 0. The van der Waals surface area contributed by atoms with E-state index in [0.29, 0.717) is 6.54 Å². The van der Waals surface area contributed by atoms with Crippen LogP contribution in [0.1, 0.15) is 30.5 Å². The zero-order chi connectivity index (χ0) is 21.5. The molecule has 0 spiro atoms. The van der Waals surface area contributed by atoms with E-state index in [1.165, 1.54) is 5.39 Å². The van der Waals surface area contributed by atoms with E-state index in [2.05, 4.69) is 55.1 Å². The lowest BCUT2D eigenvalue weighted by Crippen LogP contribution is -2.35. The fraction of sp³-hybridized carbons (Fsp3) is 0.292. The Kier molecular flexibility index (Phi) is 4.74. The van der Waals surface area contributed by atoms with E-state index in [0.717, 1.165) is 64.7 Å².